The molecule has 2 amide bonds. The van der Waals surface area contributed by atoms with E-state index in [1.807, 2.05) is 0 Å². The standard InChI is InChI=1S/C10H18N2O4/c1-7(9(13)14)2-4-11-10(15)12-8-3-5-16-6-8/h7-8H,2-6H2,1H3,(H,13,14)(H2,11,12,15). The molecular weight excluding hydrogens is 212 g/mol. The maximum atomic E-state index is 11.3. The summed E-state index contributed by atoms with van der Waals surface area (Å²) in [6, 6.07) is -0.176. The summed E-state index contributed by atoms with van der Waals surface area (Å²) in [7, 11) is 0. The summed E-state index contributed by atoms with van der Waals surface area (Å²) in [5.74, 6) is -1.28. The van der Waals surface area contributed by atoms with Crippen LogP contribution in [-0.2, 0) is 9.53 Å². The van der Waals surface area contributed by atoms with Gasteiger partial charge in [0.2, 0.25) is 0 Å². The molecule has 1 aliphatic heterocycles. The summed E-state index contributed by atoms with van der Waals surface area (Å²) in [5.41, 5.74) is 0. The summed E-state index contributed by atoms with van der Waals surface area (Å²) in [5, 5.41) is 14.0. The number of carboxylic acids is 1. The van der Waals surface area contributed by atoms with Gasteiger partial charge in [-0.1, -0.05) is 6.92 Å². The number of carbonyl (C=O) groups excluding carboxylic acids is 1. The molecule has 3 N–H and O–H groups in total. The minimum atomic E-state index is -0.841. The van der Waals surface area contributed by atoms with Gasteiger partial charge in [-0.2, -0.15) is 0 Å². The van der Waals surface area contributed by atoms with Crippen LogP contribution in [0.25, 0.3) is 0 Å². The lowest BCUT2D eigenvalue weighted by molar-refractivity contribution is -0.141. The number of urea groups is 1. The highest BCUT2D eigenvalue weighted by atomic mass is 16.5. The quantitative estimate of drug-likeness (QED) is 0.629. The molecule has 2 atom stereocenters. The molecule has 0 aliphatic carbocycles. The molecule has 1 rings (SSSR count). The lowest BCUT2D eigenvalue weighted by Crippen LogP contribution is -2.43. The SMILES string of the molecule is CC(CCNC(=O)NC1CCOC1)C(=O)O. The van der Waals surface area contributed by atoms with Crippen molar-refractivity contribution in [3.63, 3.8) is 0 Å². The Bertz CT molecular complexity index is 251. The van der Waals surface area contributed by atoms with Gasteiger partial charge < -0.3 is 20.5 Å². The first-order chi connectivity index (χ1) is 7.59. The van der Waals surface area contributed by atoms with Crippen molar-refractivity contribution >= 4 is 12.0 Å². The largest absolute Gasteiger partial charge is 0.481 e. The van der Waals surface area contributed by atoms with Gasteiger partial charge in [0.15, 0.2) is 0 Å². The van der Waals surface area contributed by atoms with Crippen molar-refractivity contribution in [2.75, 3.05) is 19.8 Å². The normalized spacial score (nSPS) is 21.4. The van der Waals surface area contributed by atoms with Gasteiger partial charge in [-0.25, -0.2) is 4.79 Å². The van der Waals surface area contributed by atoms with Crippen LogP contribution in [0.15, 0.2) is 0 Å². The van der Waals surface area contributed by atoms with Crippen LogP contribution in [0.1, 0.15) is 19.8 Å². The van der Waals surface area contributed by atoms with Crippen LogP contribution < -0.4 is 10.6 Å². The van der Waals surface area contributed by atoms with E-state index >= 15 is 0 Å². The maximum Gasteiger partial charge on any atom is 0.315 e. The lowest BCUT2D eigenvalue weighted by atomic mass is 10.1. The van der Waals surface area contributed by atoms with E-state index in [1.54, 1.807) is 6.92 Å². The second-order valence-corrected chi connectivity index (χ2v) is 3.99. The second-order valence-electron chi connectivity index (χ2n) is 3.99. The molecule has 1 heterocycles. The van der Waals surface area contributed by atoms with Gasteiger partial charge in [-0.05, 0) is 12.8 Å². The summed E-state index contributed by atoms with van der Waals surface area (Å²) in [6.07, 6.45) is 1.27. The van der Waals surface area contributed by atoms with E-state index in [0.717, 1.165) is 6.42 Å². The number of aliphatic carboxylic acids is 1. The molecule has 2 unspecified atom stereocenters. The highest BCUT2D eigenvalue weighted by Crippen LogP contribution is 2.03. The summed E-state index contributed by atoms with van der Waals surface area (Å²) >= 11 is 0. The molecule has 0 radical (unpaired) electrons. The zero-order valence-electron chi connectivity index (χ0n) is 9.36. The van der Waals surface area contributed by atoms with Crippen molar-refractivity contribution in [2.24, 2.45) is 5.92 Å². The van der Waals surface area contributed by atoms with Gasteiger partial charge in [-0.15, -0.1) is 0 Å². The van der Waals surface area contributed by atoms with Gasteiger partial charge in [0.1, 0.15) is 0 Å². The Balaban J connectivity index is 2.08. The smallest absolute Gasteiger partial charge is 0.315 e. The minimum absolute atomic E-state index is 0.0805. The molecule has 6 nitrogen and oxygen atoms in total. The second kappa shape index (κ2) is 6.32. The van der Waals surface area contributed by atoms with E-state index < -0.39 is 11.9 Å². The Morgan fingerprint density at radius 1 is 1.56 bits per heavy atom. The minimum Gasteiger partial charge on any atom is -0.481 e. The topological polar surface area (TPSA) is 87.7 Å². The monoisotopic (exact) mass is 230 g/mol. The fourth-order valence-electron chi connectivity index (χ4n) is 1.41. The summed E-state index contributed by atoms with van der Waals surface area (Å²) in [4.78, 5) is 21.8. The molecular formula is C10H18N2O4. The average molecular weight is 230 g/mol. The van der Waals surface area contributed by atoms with Gasteiger partial charge in [0.25, 0.3) is 0 Å². The zero-order valence-corrected chi connectivity index (χ0v) is 9.36. The molecule has 0 saturated carbocycles. The van der Waals surface area contributed by atoms with E-state index in [0.29, 0.717) is 26.2 Å². The number of carboxylic acid groups (broad SMARTS) is 1. The van der Waals surface area contributed by atoms with Crippen LogP contribution in [0.5, 0.6) is 0 Å². The van der Waals surface area contributed by atoms with E-state index in [1.165, 1.54) is 0 Å². The van der Waals surface area contributed by atoms with Crippen LogP contribution in [0.4, 0.5) is 4.79 Å². The molecule has 0 aromatic rings. The maximum absolute atomic E-state index is 11.3. The Hall–Kier alpha value is -1.30. The molecule has 16 heavy (non-hydrogen) atoms. The number of rotatable bonds is 5. The third kappa shape index (κ3) is 4.48. The molecule has 1 aliphatic rings. The molecule has 1 saturated heterocycles. The predicted molar refractivity (Wildman–Crippen MR) is 57.2 cm³/mol. The predicted octanol–water partition coefficient (Wildman–Crippen LogP) is 0.185. The Morgan fingerprint density at radius 2 is 2.31 bits per heavy atom. The Labute approximate surface area is 94.3 Å². The number of amides is 2. The van der Waals surface area contributed by atoms with Crippen molar-refractivity contribution < 1.29 is 19.4 Å². The average Bonchev–Trinajstić information content (AvgIpc) is 2.70. The third-order valence-corrected chi connectivity index (χ3v) is 2.55. The summed E-state index contributed by atoms with van der Waals surface area (Å²) in [6.45, 7) is 3.22. The molecule has 92 valence electrons. The number of carbonyl (C=O) groups is 2. The van der Waals surface area contributed by atoms with E-state index in [9.17, 15) is 9.59 Å². The first-order valence-electron chi connectivity index (χ1n) is 5.44. The molecule has 0 aromatic carbocycles. The molecule has 6 heteroatoms. The molecule has 0 spiro atoms. The summed E-state index contributed by atoms with van der Waals surface area (Å²) < 4.78 is 5.11. The van der Waals surface area contributed by atoms with Crippen LogP contribution in [0.3, 0.4) is 0 Å². The Kier molecular flexibility index (Phi) is 5.04. The van der Waals surface area contributed by atoms with Gasteiger partial charge in [-0.3, -0.25) is 4.79 Å². The molecule has 0 aromatic heterocycles. The number of hydrogen-bond acceptors (Lipinski definition) is 3. The molecule has 0 bridgehead atoms. The van der Waals surface area contributed by atoms with Crippen molar-refractivity contribution in [3.05, 3.63) is 0 Å². The number of ether oxygens (including phenoxy) is 1. The van der Waals surface area contributed by atoms with Crippen molar-refractivity contribution in [3.8, 4) is 0 Å². The van der Waals surface area contributed by atoms with Crippen LogP contribution in [-0.4, -0.2) is 42.9 Å². The number of nitrogens with one attached hydrogen (secondary N) is 2. The van der Waals surface area contributed by atoms with Crippen LogP contribution >= 0.6 is 0 Å². The van der Waals surface area contributed by atoms with Gasteiger partial charge in [0.05, 0.1) is 18.6 Å². The first-order valence-corrected chi connectivity index (χ1v) is 5.44. The fraction of sp³-hybridized carbons (Fsp3) is 0.800. The Morgan fingerprint density at radius 3 is 2.88 bits per heavy atom. The fourth-order valence-corrected chi connectivity index (χ4v) is 1.41. The van der Waals surface area contributed by atoms with Crippen molar-refractivity contribution in [1.29, 1.82) is 0 Å². The van der Waals surface area contributed by atoms with Crippen molar-refractivity contribution in [1.82, 2.24) is 10.6 Å². The third-order valence-electron chi connectivity index (χ3n) is 2.55. The lowest BCUT2D eigenvalue weighted by Gasteiger charge is -2.12. The van der Waals surface area contributed by atoms with Crippen LogP contribution in [0.2, 0.25) is 0 Å². The highest BCUT2D eigenvalue weighted by molar-refractivity contribution is 5.74. The van der Waals surface area contributed by atoms with Gasteiger partial charge in [0, 0.05) is 13.2 Å². The van der Waals surface area contributed by atoms with Gasteiger partial charge >= 0.3 is 12.0 Å². The zero-order chi connectivity index (χ0) is 12.0. The highest BCUT2D eigenvalue weighted by Gasteiger charge is 2.17. The van der Waals surface area contributed by atoms with E-state index in [2.05, 4.69) is 10.6 Å². The first kappa shape index (κ1) is 12.8. The molecule has 1 fully saturated rings. The van der Waals surface area contributed by atoms with E-state index in [-0.39, 0.29) is 12.1 Å². The van der Waals surface area contributed by atoms with Crippen molar-refractivity contribution in [2.45, 2.75) is 25.8 Å². The van der Waals surface area contributed by atoms with Crippen LogP contribution in [0, 0.1) is 5.92 Å². The number of hydrogen-bond donors (Lipinski definition) is 3. The van der Waals surface area contributed by atoms with E-state index in [4.69, 9.17) is 9.84 Å².